The van der Waals surface area contributed by atoms with E-state index in [4.69, 9.17) is 16.7 Å². The second kappa shape index (κ2) is 9.71. The third-order valence-corrected chi connectivity index (χ3v) is 5.76. The molecule has 1 saturated heterocycles. The number of anilines is 1. The van der Waals surface area contributed by atoms with Crippen LogP contribution in [0.15, 0.2) is 47.5 Å². The monoisotopic (exact) mass is 501 g/mol. The Morgan fingerprint density at radius 2 is 1.85 bits per heavy atom. The van der Waals surface area contributed by atoms with Crippen LogP contribution >= 0.6 is 34.2 Å². The molecule has 0 radical (unpaired) electrons. The van der Waals surface area contributed by atoms with Gasteiger partial charge in [-0.2, -0.15) is 0 Å². The van der Waals surface area contributed by atoms with E-state index in [1.807, 2.05) is 30.3 Å². The first kappa shape index (κ1) is 20.4. The van der Waals surface area contributed by atoms with Gasteiger partial charge in [-0.1, -0.05) is 29.8 Å². The number of rotatable bonds is 5. The molecule has 0 aromatic heterocycles. The number of aliphatic hydroxyl groups is 1. The maximum Gasteiger partial charge on any atom is 0.135 e. The van der Waals surface area contributed by atoms with Crippen LogP contribution in [0, 0.1) is 9.39 Å². The van der Waals surface area contributed by atoms with E-state index in [1.165, 1.54) is 6.07 Å². The summed E-state index contributed by atoms with van der Waals surface area (Å²) in [5.41, 5.74) is 1.57. The molecule has 1 heterocycles. The minimum absolute atomic E-state index is 0.0748. The number of hydrogen-bond donors (Lipinski definition) is 1. The SMILES string of the molecule is OCCCN=C(c1c(F)cccc1I)N1CCN(c2ccccc2Cl)CC1. The Hall–Kier alpha value is -1.38. The van der Waals surface area contributed by atoms with Gasteiger partial charge in [-0.3, -0.25) is 4.99 Å². The summed E-state index contributed by atoms with van der Waals surface area (Å²) in [5.74, 6) is 0.406. The lowest BCUT2D eigenvalue weighted by Gasteiger charge is -2.38. The highest BCUT2D eigenvalue weighted by Crippen LogP contribution is 2.27. The molecule has 144 valence electrons. The third-order valence-electron chi connectivity index (χ3n) is 4.54. The molecule has 1 N–H and O–H groups in total. The molecule has 3 rings (SSSR count). The number of para-hydroxylation sites is 1. The van der Waals surface area contributed by atoms with Gasteiger partial charge in [0.15, 0.2) is 0 Å². The molecular formula is C20H22ClFIN3O. The van der Waals surface area contributed by atoms with Crippen molar-refractivity contribution in [1.29, 1.82) is 0 Å². The van der Waals surface area contributed by atoms with Crippen LogP contribution in [0.5, 0.6) is 0 Å². The average Bonchev–Trinajstić information content (AvgIpc) is 2.67. The highest BCUT2D eigenvalue weighted by Gasteiger charge is 2.25. The van der Waals surface area contributed by atoms with Crippen LogP contribution in [-0.2, 0) is 0 Å². The van der Waals surface area contributed by atoms with Crippen LogP contribution in [-0.4, -0.2) is 55.2 Å². The van der Waals surface area contributed by atoms with Gasteiger partial charge in [0.05, 0.1) is 16.3 Å². The molecule has 4 nitrogen and oxygen atoms in total. The van der Waals surface area contributed by atoms with Crippen LogP contribution < -0.4 is 4.90 Å². The van der Waals surface area contributed by atoms with Crippen LogP contribution in [0.25, 0.3) is 0 Å². The van der Waals surface area contributed by atoms with E-state index < -0.39 is 0 Å². The van der Waals surface area contributed by atoms with Gasteiger partial charge >= 0.3 is 0 Å². The summed E-state index contributed by atoms with van der Waals surface area (Å²) < 4.78 is 15.4. The Morgan fingerprint density at radius 3 is 2.52 bits per heavy atom. The number of benzene rings is 2. The van der Waals surface area contributed by atoms with E-state index in [0.29, 0.717) is 24.4 Å². The van der Waals surface area contributed by atoms with Gasteiger partial charge < -0.3 is 14.9 Å². The Bertz CT molecular complexity index is 789. The summed E-state index contributed by atoms with van der Waals surface area (Å²) in [6, 6.07) is 12.9. The van der Waals surface area contributed by atoms with E-state index >= 15 is 0 Å². The number of nitrogens with zero attached hydrogens (tertiary/aromatic N) is 3. The highest BCUT2D eigenvalue weighted by molar-refractivity contribution is 14.1. The van der Waals surface area contributed by atoms with Gasteiger partial charge in [-0.25, -0.2) is 4.39 Å². The minimum Gasteiger partial charge on any atom is -0.396 e. The molecule has 0 spiro atoms. The first-order valence-electron chi connectivity index (χ1n) is 8.96. The fraction of sp³-hybridized carbons (Fsp3) is 0.350. The summed E-state index contributed by atoms with van der Waals surface area (Å²) in [5, 5.41) is 9.82. The topological polar surface area (TPSA) is 39.1 Å². The van der Waals surface area contributed by atoms with Gasteiger partial charge in [0.2, 0.25) is 0 Å². The molecule has 1 aliphatic rings. The van der Waals surface area contributed by atoms with Crippen molar-refractivity contribution in [2.75, 3.05) is 44.2 Å². The summed E-state index contributed by atoms with van der Waals surface area (Å²) in [4.78, 5) is 9.01. The molecule has 1 fully saturated rings. The zero-order chi connectivity index (χ0) is 19.2. The molecule has 2 aromatic rings. The number of aliphatic imine (C=N–C) groups is 1. The molecule has 0 bridgehead atoms. The number of aliphatic hydroxyl groups excluding tert-OH is 1. The fourth-order valence-electron chi connectivity index (χ4n) is 3.17. The summed E-state index contributed by atoms with van der Waals surface area (Å²) in [6.45, 7) is 3.58. The Balaban J connectivity index is 1.81. The lowest BCUT2D eigenvalue weighted by atomic mass is 10.1. The fourth-order valence-corrected chi connectivity index (χ4v) is 4.13. The normalized spacial score (nSPS) is 15.3. The van der Waals surface area contributed by atoms with Crippen molar-refractivity contribution in [2.24, 2.45) is 4.99 Å². The van der Waals surface area contributed by atoms with Crippen LogP contribution in [0.1, 0.15) is 12.0 Å². The predicted molar refractivity (Wildman–Crippen MR) is 117 cm³/mol. The molecular weight excluding hydrogens is 480 g/mol. The number of piperazine rings is 1. The Kier molecular flexibility index (Phi) is 7.32. The van der Waals surface area contributed by atoms with Crippen molar-refractivity contribution in [1.82, 2.24) is 4.90 Å². The van der Waals surface area contributed by atoms with Gasteiger partial charge in [-0.05, 0) is 53.3 Å². The first-order chi connectivity index (χ1) is 13.1. The van der Waals surface area contributed by atoms with E-state index in [9.17, 15) is 4.39 Å². The lowest BCUT2D eigenvalue weighted by Crippen LogP contribution is -2.49. The zero-order valence-corrected chi connectivity index (χ0v) is 17.8. The van der Waals surface area contributed by atoms with E-state index in [2.05, 4.69) is 37.4 Å². The number of hydrogen-bond acceptors (Lipinski definition) is 3. The number of halogens is 3. The molecule has 0 atom stereocenters. The van der Waals surface area contributed by atoms with E-state index in [-0.39, 0.29) is 12.4 Å². The Labute approximate surface area is 177 Å². The summed E-state index contributed by atoms with van der Waals surface area (Å²) >= 11 is 8.48. The smallest absolute Gasteiger partial charge is 0.135 e. The maximum atomic E-state index is 14.6. The molecule has 7 heteroatoms. The second-order valence-electron chi connectivity index (χ2n) is 6.30. The standard InChI is InChI=1S/C20H22ClFIN3O/c21-15-5-1-2-8-18(15)25-10-12-26(13-11-25)20(24-9-4-14-27)19-16(22)6-3-7-17(19)23/h1-3,5-8,27H,4,9-14H2. The molecule has 0 saturated carbocycles. The maximum absolute atomic E-state index is 14.6. The van der Waals surface area contributed by atoms with E-state index in [0.717, 1.165) is 40.5 Å². The predicted octanol–water partition coefficient (Wildman–Crippen LogP) is 4.03. The third kappa shape index (κ3) is 4.92. The lowest BCUT2D eigenvalue weighted by molar-refractivity contribution is 0.290. The van der Waals surface area contributed by atoms with Gasteiger partial charge in [0.25, 0.3) is 0 Å². The molecule has 0 aliphatic carbocycles. The largest absolute Gasteiger partial charge is 0.396 e. The van der Waals surface area contributed by atoms with Crippen molar-refractivity contribution < 1.29 is 9.50 Å². The minimum atomic E-state index is -0.266. The first-order valence-corrected chi connectivity index (χ1v) is 10.4. The van der Waals surface area contributed by atoms with Gasteiger partial charge in [0.1, 0.15) is 11.7 Å². The van der Waals surface area contributed by atoms with Crippen LogP contribution in [0.2, 0.25) is 5.02 Å². The summed E-state index contributed by atoms with van der Waals surface area (Å²) in [7, 11) is 0. The van der Waals surface area contributed by atoms with Crippen molar-refractivity contribution in [3.8, 4) is 0 Å². The molecule has 27 heavy (non-hydrogen) atoms. The van der Waals surface area contributed by atoms with E-state index in [1.54, 1.807) is 6.07 Å². The van der Waals surface area contributed by atoms with Gasteiger partial charge in [0, 0.05) is 42.9 Å². The molecule has 1 aliphatic heterocycles. The quantitative estimate of drug-likeness (QED) is 0.291. The zero-order valence-electron chi connectivity index (χ0n) is 14.9. The highest BCUT2D eigenvalue weighted by atomic mass is 127. The molecule has 0 amide bonds. The number of amidine groups is 1. The Morgan fingerprint density at radius 1 is 1.11 bits per heavy atom. The molecule has 2 aromatic carbocycles. The van der Waals surface area contributed by atoms with Crippen molar-refractivity contribution in [3.05, 3.63) is 62.4 Å². The van der Waals surface area contributed by atoms with Gasteiger partial charge in [-0.15, -0.1) is 0 Å². The van der Waals surface area contributed by atoms with Crippen molar-refractivity contribution in [2.45, 2.75) is 6.42 Å². The van der Waals surface area contributed by atoms with Crippen LogP contribution in [0.3, 0.4) is 0 Å². The summed E-state index contributed by atoms with van der Waals surface area (Å²) in [6.07, 6.45) is 0.564. The molecule has 0 unspecified atom stereocenters. The van der Waals surface area contributed by atoms with Crippen molar-refractivity contribution >= 4 is 45.7 Å². The van der Waals surface area contributed by atoms with Crippen molar-refractivity contribution in [3.63, 3.8) is 0 Å². The van der Waals surface area contributed by atoms with Crippen LogP contribution in [0.4, 0.5) is 10.1 Å². The average molecular weight is 502 g/mol. The second-order valence-corrected chi connectivity index (χ2v) is 7.87.